The topological polar surface area (TPSA) is 234 Å². The number of nitrogens with one attached hydrogen (secondary N) is 2. The number of hydrogen-bond donors (Lipinski definition) is 4. The average Bonchev–Trinajstić information content (AvgIpc) is 4.07. The van der Waals surface area contributed by atoms with E-state index in [0.717, 1.165) is 32.2 Å². The van der Waals surface area contributed by atoms with E-state index in [2.05, 4.69) is 25.5 Å². The fraction of sp³-hybridized carbons (Fsp3) is 0.500. The van der Waals surface area contributed by atoms with E-state index in [1.54, 1.807) is 38.2 Å². The van der Waals surface area contributed by atoms with Crippen LogP contribution in [0.4, 0.5) is 19.4 Å². The molecule has 10 rings (SSSR count). The summed E-state index contributed by atoms with van der Waals surface area (Å²) in [5, 5.41) is 28.2. The van der Waals surface area contributed by atoms with E-state index in [1.165, 1.54) is 33.5 Å². The molecule has 4 aliphatic heterocycles. The first-order valence-corrected chi connectivity index (χ1v) is 26.0. The first-order valence-electron chi connectivity index (χ1n) is 26.0. The number of benzene rings is 3. The number of halogens is 2. The van der Waals surface area contributed by atoms with Gasteiger partial charge in [-0.2, -0.15) is 9.97 Å². The summed E-state index contributed by atoms with van der Waals surface area (Å²) in [6.07, 6.45) is 6.18. The molecule has 4 fully saturated rings. The minimum Gasteiger partial charge on any atom is -0.508 e. The lowest BCUT2D eigenvalue weighted by atomic mass is 9.94. The van der Waals surface area contributed by atoms with Crippen molar-refractivity contribution in [2.75, 3.05) is 77.3 Å². The van der Waals surface area contributed by atoms with Crippen molar-refractivity contribution in [3.8, 4) is 28.8 Å². The highest BCUT2D eigenvalue weighted by Gasteiger charge is 2.50. The van der Waals surface area contributed by atoms with Gasteiger partial charge in [0.25, 0.3) is 0 Å². The lowest BCUT2D eigenvalue weighted by molar-refractivity contribution is -0.135. The number of carbonyl (C=O) groups excluding carboxylic acids is 3. The number of aryl methyl sites for hydroxylation is 2. The Morgan fingerprint density at radius 2 is 1.74 bits per heavy atom. The molecule has 3 aromatic carbocycles. The summed E-state index contributed by atoms with van der Waals surface area (Å²) in [4.78, 5) is 68.2. The molecule has 4 saturated heterocycles. The Hall–Kier alpha value is -7.01. The van der Waals surface area contributed by atoms with Crippen LogP contribution in [-0.2, 0) is 37.3 Å². The van der Waals surface area contributed by atoms with Gasteiger partial charge in [-0.1, -0.05) is 13.0 Å². The van der Waals surface area contributed by atoms with Crippen molar-refractivity contribution in [2.45, 2.75) is 94.9 Å². The summed E-state index contributed by atoms with van der Waals surface area (Å²) in [7, 11) is 1.62. The smallest absolute Gasteiger partial charge is 0.407 e. The van der Waals surface area contributed by atoms with E-state index in [9.17, 15) is 29.4 Å². The number of phenols is 1. The van der Waals surface area contributed by atoms with Crippen LogP contribution in [0.5, 0.6) is 17.5 Å². The summed E-state index contributed by atoms with van der Waals surface area (Å²) in [5.41, 5.74) is -0.182. The number of anilines is 1. The van der Waals surface area contributed by atoms with E-state index in [1.807, 2.05) is 11.8 Å². The highest BCUT2D eigenvalue weighted by molar-refractivity contribution is 6.02. The zero-order valence-electron chi connectivity index (χ0n) is 42.9. The summed E-state index contributed by atoms with van der Waals surface area (Å²) in [6, 6.07) is 10.1. The maximum atomic E-state index is 17.2. The number of alkyl carbamates (subject to hydrolysis) is 1. The number of aromatic hydroxyl groups is 1. The predicted octanol–water partition coefficient (Wildman–Crippen LogP) is 5.59. The standard InChI is InChI=1S/C54H63F2N9O11/c1-4-36-39(55)9-7-32-25-34(66)26-37(44(32)36)46-45(56)47-38(28-58-46)48(63-18-5-14-53(2,71)30-63)61-50(60-47)76-31-54-15-6-19-64(54)33(13-16-54)29-75-51(69)57-17-20-72-21-22-73-23-24-74-35-8-10-40-42(27-35)62(3)52(70)65(40)41-11-12-43(67)59-49(41)68/h7-10,25-28,33,41,66,71H,4-6,11-24,29-31H2,1-3H3,(H,57,69)(H,59,67,68)/t33-,41?,53+,54-/m0/s1. The summed E-state index contributed by atoms with van der Waals surface area (Å²) in [6.45, 7) is 7.09. The van der Waals surface area contributed by atoms with Crippen LogP contribution in [0, 0.1) is 11.6 Å². The van der Waals surface area contributed by atoms with Crippen molar-refractivity contribution in [2.24, 2.45) is 7.05 Å². The van der Waals surface area contributed by atoms with Gasteiger partial charge in [0.05, 0.1) is 54.0 Å². The molecule has 76 heavy (non-hydrogen) atoms. The van der Waals surface area contributed by atoms with Gasteiger partial charge in [0, 0.05) is 57.0 Å². The number of imidazole rings is 1. The zero-order chi connectivity index (χ0) is 53.3. The third-order valence-electron chi connectivity index (χ3n) is 15.3. The SMILES string of the molecule is CCc1c(F)ccc2cc(O)cc(-c3ncc4c(N5CCC[C@@](C)(O)C5)nc(OC[C@@]56CCCN5[C@H](COC(=O)NCCOCCOCCOc5ccc7c(c5)n(C)c(=O)n7C5CCC(=O)NC5=O)CC6)nc4c3F)c12. The molecule has 3 amide bonds. The average molecular weight is 1050 g/mol. The van der Waals surface area contributed by atoms with Gasteiger partial charge in [0.1, 0.15) is 60.2 Å². The number of carbonyl (C=O) groups is 3. The summed E-state index contributed by atoms with van der Waals surface area (Å²) >= 11 is 0. The van der Waals surface area contributed by atoms with Gasteiger partial charge in [-0.05, 0) is 112 Å². The van der Waals surface area contributed by atoms with E-state index in [0.29, 0.717) is 76.7 Å². The second kappa shape index (κ2) is 21.9. The van der Waals surface area contributed by atoms with Crippen molar-refractivity contribution in [1.82, 2.24) is 39.6 Å². The Morgan fingerprint density at radius 1 is 0.934 bits per heavy atom. The number of aromatic nitrogens is 5. The highest BCUT2D eigenvalue weighted by Crippen LogP contribution is 2.44. The van der Waals surface area contributed by atoms with Crippen LogP contribution >= 0.6 is 0 Å². The van der Waals surface area contributed by atoms with Gasteiger partial charge in [-0.3, -0.25) is 33.9 Å². The largest absolute Gasteiger partial charge is 0.508 e. The lowest BCUT2D eigenvalue weighted by Crippen LogP contribution is -2.48. The number of rotatable bonds is 19. The van der Waals surface area contributed by atoms with Gasteiger partial charge < -0.3 is 44.1 Å². The highest BCUT2D eigenvalue weighted by atomic mass is 19.1. The molecule has 20 nitrogen and oxygen atoms in total. The third-order valence-corrected chi connectivity index (χ3v) is 15.3. The fourth-order valence-corrected chi connectivity index (χ4v) is 11.6. The van der Waals surface area contributed by atoms with E-state index in [-0.39, 0.29) is 112 Å². The molecular weight excluding hydrogens is 989 g/mol. The Labute approximate surface area is 436 Å². The Bertz CT molecular complexity index is 3260. The second-order valence-corrected chi connectivity index (χ2v) is 20.4. The van der Waals surface area contributed by atoms with Crippen molar-refractivity contribution < 1.29 is 57.1 Å². The fourth-order valence-electron chi connectivity index (χ4n) is 11.6. The minimum atomic E-state index is -1.01. The number of aliphatic hydroxyl groups is 1. The number of amides is 3. The summed E-state index contributed by atoms with van der Waals surface area (Å²) in [5.74, 6) is -1.30. The molecule has 6 aromatic rings. The first kappa shape index (κ1) is 52.4. The number of β-amino-alcohol motifs (C(OH)–C–C–N with tert-alkyl or cyclic N) is 1. The monoisotopic (exact) mass is 1050 g/mol. The molecule has 1 unspecified atom stereocenters. The molecule has 4 aliphatic rings. The van der Waals surface area contributed by atoms with Crippen molar-refractivity contribution in [1.29, 1.82) is 0 Å². The van der Waals surface area contributed by atoms with Crippen LogP contribution in [0.15, 0.2) is 53.5 Å². The third kappa shape index (κ3) is 10.6. The van der Waals surface area contributed by atoms with Gasteiger partial charge >= 0.3 is 17.8 Å². The quantitative estimate of drug-likeness (QED) is 0.0572. The number of hydrogen-bond acceptors (Lipinski definition) is 16. The zero-order valence-corrected chi connectivity index (χ0v) is 42.9. The molecule has 0 saturated carbocycles. The van der Waals surface area contributed by atoms with Crippen LogP contribution in [0.25, 0.3) is 44.0 Å². The van der Waals surface area contributed by atoms with Crippen molar-refractivity contribution in [3.05, 3.63) is 76.3 Å². The van der Waals surface area contributed by atoms with Crippen molar-refractivity contribution in [3.63, 3.8) is 0 Å². The number of piperidine rings is 2. The minimum absolute atomic E-state index is 0.0450. The Morgan fingerprint density at radius 3 is 2.54 bits per heavy atom. The Balaban J connectivity index is 0.700. The molecule has 0 spiro atoms. The number of pyridine rings is 1. The first-order chi connectivity index (χ1) is 36.6. The number of ether oxygens (including phenoxy) is 5. The Kier molecular flexibility index (Phi) is 15.1. The lowest BCUT2D eigenvalue weighted by Gasteiger charge is -2.38. The van der Waals surface area contributed by atoms with Crippen LogP contribution < -0.4 is 30.7 Å². The number of nitrogens with zero attached hydrogens (tertiary/aromatic N) is 7. The molecule has 3 aromatic heterocycles. The molecule has 0 radical (unpaired) electrons. The van der Waals surface area contributed by atoms with Crippen LogP contribution in [0.3, 0.4) is 0 Å². The van der Waals surface area contributed by atoms with Crippen molar-refractivity contribution >= 4 is 56.4 Å². The molecular formula is C54H63F2N9O11. The normalized spacial score (nSPS) is 21.9. The van der Waals surface area contributed by atoms with Crippen LogP contribution in [-0.4, -0.2) is 147 Å². The molecule has 7 heterocycles. The van der Waals surface area contributed by atoms with Gasteiger partial charge in [-0.15, -0.1) is 0 Å². The maximum Gasteiger partial charge on any atom is 0.407 e. The van der Waals surface area contributed by atoms with Gasteiger partial charge in [-0.25, -0.2) is 18.4 Å². The van der Waals surface area contributed by atoms with Gasteiger partial charge in [0.15, 0.2) is 5.82 Å². The molecule has 0 bridgehead atoms. The van der Waals surface area contributed by atoms with Crippen LogP contribution in [0.2, 0.25) is 0 Å². The summed E-state index contributed by atoms with van der Waals surface area (Å²) < 4.78 is 64.5. The molecule has 0 aliphatic carbocycles. The number of fused-ring (bicyclic) bond motifs is 4. The number of phenolic OH excluding ortho intramolecular Hbond substituents is 1. The molecule has 4 N–H and O–H groups in total. The van der Waals surface area contributed by atoms with E-state index in [4.69, 9.17) is 28.7 Å². The van der Waals surface area contributed by atoms with Gasteiger partial charge in [0.2, 0.25) is 11.8 Å². The van der Waals surface area contributed by atoms with E-state index < -0.39 is 40.8 Å². The van der Waals surface area contributed by atoms with E-state index >= 15 is 8.78 Å². The second-order valence-electron chi connectivity index (χ2n) is 20.4. The molecule has 404 valence electrons. The predicted molar refractivity (Wildman–Crippen MR) is 276 cm³/mol. The molecule has 4 atom stereocenters. The van der Waals surface area contributed by atoms with Crippen LogP contribution in [0.1, 0.15) is 76.8 Å². The maximum absolute atomic E-state index is 17.2. The molecule has 22 heteroatoms. The number of imide groups is 1.